The number of rotatable bonds is 3. The largest absolute Gasteiger partial charge is 0.345 e. The van der Waals surface area contributed by atoms with Gasteiger partial charge in [0.1, 0.15) is 0 Å². The Morgan fingerprint density at radius 2 is 2.21 bits per heavy atom. The monoisotopic (exact) mass is 277 g/mol. The van der Waals surface area contributed by atoms with Crippen LogP contribution in [0.5, 0.6) is 0 Å². The summed E-state index contributed by atoms with van der Waals surface area (Å²) in [5.74, 6) is 0.390. The van der Waals surface area contributed by atoms with Crippen molar-refractivity contribution in [3.63, 3.8) is 0 Å². The highest BCUT2D eigenvalue weighted by Crippen LogP contribution is 2.31. The number of hydrogen-bond acceptors (Lipinski definition) is 2. The summed E-state index contributed by atoms with van der Waals surface area (Å²) < 4.78 is 1.71. The summed E-state index contributed by atoms with van der Waals surface area (Å²) in [6.45, 7) is 0. The first kappa shape index (κ1) is 12.5. The van der Waals surface area contributed by atoms with E-state index in [2.05, 4.69) is 10.4 Å². The summed E-state index contributed by atoms with van der Waals surface area (Å²) in [4.78, 5) is 12.4. The van der Waals surface area contributed by atoms with Crippen LogP contribution in [0.2, 0.25) is 0 Å². The van der Waals surface area contributed by atoms with Crippen LogP contribution in [0.3, 0.4) is 0 Å². The van der Waals surface area contributed by atoms with E-state index in [0.717, 1.165) is 31.2 Å². The van der Waals surface area contributed by atoms with Crippen LogP contribution < -0.4 is 5.32 Å². The molecule has 0 unspecified atom stereocenters. The zero-order valence-electron chi connectivity index (χ0n) is 10.6. The summed E-state index contributed by atoms with van der Waals surface area (Å²) in [6.07, 6.45) is 7.62. The lowest BCUT2D eigenvalue weighted by molar-refractivity contribution is 0.0911. The van der Waals surface area contributed by atoms with Crippen LogP contribution in [-0.2, 0) is 0 Å². The molecule has 1 fully saturated rings. The highest BCUT2D eigenvalue weighted by atomic mass is 35.5. The van der Waals surface area contributed by atoms with Gasteiger partial charge in [0, 0.05) is 12.1 Å². The molecule has 1 N–H and O–H groups in total. The molecule has 1 saturated carbocycles. The number of carbonyl (C=O) groups is 1. The Morgan fingerprint density at radius 3 is 2.95 bits per heavy atom. The summed E-state index contributed by atoms with van der Waals surface area (Å²) in [6, 6.07) is 5.68. The molecule has 0 aromatic carbocycles. The lowest BCUT2D eigenvalue weighted by Gasteiger charge is -2.27. The second-order valence-electron chi connectivity index (χ2n) is 5.16. The molecule has 19 heavy (non-hydrogen) atoms. The Balaban J connectivity index is 1.88. The first-order valence-electron chi connectivity index (χ1n) is 6.55. The van der Waals surface area contributed by atoms with Crippen molar-refractivity contribution in [1.82, 2.24) is 14.9 Å². The number of alkyl halides is 1. The molecule has 1 aliphatic rings. The minimum Gasteiger partial charge on any atom is -0.345 e. The fourth-order valence-electron chi connectivity index (χ4n) is 2.76. The van der Waals surface area contributed by atoms with Crippen LogP contribution in [0.25, 0.3) is 5.52 Å². The predicted molar refractivity (Wildman–Crippen MR) is 74.6 cm³/mol. The topological polar surface area (TPSA) is 46.4 Å². The number of amides is 1. The standard InChI is InChI=1S/C14H16ClN3O/c15-10-14(6-2-3-7-14)17-13(19)11-9-16-18-8-4-1-5-12(11)18/h1,4-5,8-9H,2-3,6-7,10H2,(H,17,19). The molecule has 4 nitrogen and oxygen atoms in total. The maximum Gasteiger partial charge on any atom is 0.255 e. The van der Waals surface area contributed by atoms with Gasteiger partial charge in [-0.25, -0.2) is 4.52 Å². The number of nitrogens with zero attached hydrogens (tertiary/aromatic N) is 2. The van der Waals surface area contributed by atoms with E-state index >= 15 is 0 Å². The number of hydrogen-bond donors (Lipinski definition) is 1. The number of halogens is 1. The van der Waals surface area contributed by atoms with E-state index in [1.165, 1.54) is 0 Å². The third kappa shape index (κ3) is 2.21. The van der Waals surface area contributed by atoms with Crippen molar-refractivity contribution in [1.29, 1.82) is 0 Å². The quantitative estimate of drug-likeness (QED) is 0.877. The molecule has 0 atom stereocenters. The molecule has 5 heteroatoms. The minimum atomic E-state index is -0.234. The number of pyridine rings is 1. The molecule has 3 rings (SSSR count). The molecular formula is C14H16ClN3O. The summed E-state index contributed by atoms with van der Waals surface area (Å²) in [5, 5.41) is 7.30. The molecule has 0 aliphatic heterocycles. The van der Waals surface area contributed by atoms with Gasteiger partial charge in [0.05, 0.1) is 22.8 Å². The molecule has 100 valence electrons. The number of nitrogens with one attached hydrogen (secondary N) is 1. The third-order valence-corrected chi connectivity index (χ3v) is 4.38. The molecule has 2 heterocycles. The average Bonchev–Trinajstić information content (AvgIpc) is 3.05. The Labute approximate surface area is 116 Å². The van der Waals surface area contributed by atoms with Gasteiger partial charge in [0.15, 0.2) is 0 Å². The van der Waals surface area contributed by atoms with Crippen LogP contribution in [0, 0.1) is 0 Å². The van der Waals surface area contributed by atoms with E-state index in [1.54, 1.807) is 10.7 Å². The molecule has 0 spiro atoms. The normalized spacial score (nSPS) is 17.7. The predicted octanol–water partition coefficient (Wildman–Crippen LogP) is 2.62. The number of aromatic nitrogens is 2. The maximum absolute atomic E-state index is 12.4. The van der Waals surface area contributed by atoms with Crippen molar-refractivity contribution in [3.8, 4) is 0 Å². The van der Waals surface area contributed by atoms with E-state index in [4.69, 9.17) is 11.6 Å². The number of carbonyl (C=O) groups excluding carboxylic acids is 1. The van der Waals surface area contributed by atoms with E-state index in [9.17, 15) is 4.79 Å². The first-order valence-corrected chi connectivity index (χ1v) is 7.08. The zero-order chi connectivity index (χ0) is 13.3. The van der Waals surface area contributed by atoms with Crippen LogP contribution in [0.1, 0.15) is 36.0 Å². The Kier molecular flexibility index (Phi) is 3.19. The van der Waals surface area contributed by atoms with Crippen LogP contribution in [0.15, 0.2) is 30.6 Å². The molecule has 1 amide bonds. The van der Waals surface area contributed by atoms with Gasteiger partial charge in [-0.2, -0.15) is 5.10 Å². The maximum atomic E-state index is 12.4. The van der Waals surface area contributed by atoms with Crippen LogP contribution in [0.4, 0.5) is 0 Å². The zero-order valence-corrected chi connectivity index (χ0v) is 11.4. The smallest absolute Gasteiger partial charge is 0.255 e. The summed E-state index contributed by atoms with van der Waals surface area (Å²) in [7, 11) is 0. The van der Waals surface area contributed by atoms with Crippen molar-refractivity contribution >= 4 is 23.0 Å². The first-order chi connectivity index (χ1) is 9.24. The molecule has 2 aromatic rings. The van der Waals surface area contributed by atoms with Gasteiger partial charge in [-0.3, -0.25) is 4.79 Å². The SMILES string of the molecule is O=C(NC1(CCl)CCCC1)c1cnn2ccccc12. The van der Waals surface area contributed by atoms with Crippen molar-refractivity contribution < 1.29 is 4.79 Å². The van der Waals surface area contributed by atoms with Gasteiger partial charge in [0.25, 0.3) is 5.91 Å². The Bertz CT molecular complexity index is 602. The van der Waals surface area contributed by atoms with E-state index < -0.39 is 0 Å². The van der Waals surface area contributed by atoms with Gasteiger partial charge < -0.3 is 5.32 Å². The van der Waals surface area contributed by atoms with Crippen molar-refractivity contribution in [2.75, 3.05) is 5.88 Å². The van der Waals surface area contributed by atoms with Crippen molar-refractivity contribution in [3.05, 3.63) is 36.2 Å². The molecule has 1 aliphatic carbocycles. The van der Waals surface area contributed by atoms with Gasteiger partial charge in [0.2, 0.25) is 0 Å². The van der Waals surface area contributed by atoms with Gasteiger partial charge in [-0.15, -0.1) is 11.6 Å². The van der Waals surface area contributed by atoms with E-state index in [1.807, 2.05) is 24.4 Å². The average molecular weight is 278 g/mol. The van der Waals surface area contributed by atoms with Crippen LogP contribution in [-0.4, -0.2) is 26.9 Å². The lowest BCUT2D eigenvalue weighted by Crippen LogP contribution is -2.47. The number of fused-ring (bicyclic) bond motifs is 1. The highest BCUT2D eigenvalue weighted by Gasteiger charge is 2.35. The van der Waals surface area contributed by atoms with Gasteiger partial charge >= 0.3 is 0 Å². The molecular weight excluding hydrogens is 262 g/mol. The highest BCUT2D eigenvalue weighted by molar-refractivity contribution is 6.19. The summed E-state index contributed by atoms with van der Waals surface area (Å²) in [5.41, 5.74) is 1.20. The fourth-order valence-corrected chi connectivity index (χ4v) is 3.10. The molecule has 0 bridgehead atoms. The molecule has 2 aromatic heterocycles. The Hall–Kier alpha value is -1.55. The second kappa shape index (κ2) is 4.85. The molecule has 0 radical (unpaired) electrons. The fraction of sp³-hybridized carbons (Fsp3) is 0.429. The lowest BCUT2D eigenvalue weighted by atomic mass is 10.00. The van der Waals surface area contributed by atoms with Crippen LogP contribution >= 0.6 is 11.6 Å². The minimum absolute atomic E-state index is 0.0799. The van der Waals surface area contributed by atoms with Gasteiger partial charge in [-0.05, 0) is 25.0 Å². The third-order valence-electron chi connectivity index (χ3n) is 3.87. The van der Waals surface area contributed by atoms with E-state index in [-0.39, 0.29) is 11.4 Å². The van der Waals surface area contributed by atoms with Crippen molar-refractivity contribution in [2.24, 2.45) is 0 Å². The Morgan fingerprint density at radius 1 is 1.42 bits per heavy atom. The van der Waals surface area contributed by atoms with Crippen molar-refractivity contribution in [2.45, 2.75) is 31.2 Å². The van der Waals surface area contributed by atoms with Gasteiger partial charge in [-0.1, -0.05) is 18.9 Å². The summed E-state index contributed by atoms with van der Waals surface area (Å²) >= 11 is 6.05. The van der Waals surface area contributed by atoms with E-state index in [0.29, 0.717) is 11.4 Å². The second-order valence-corrected chi connectivity index (χ2v) is 5.43. The molecule has 0 saturated heterocycles.